The predicted molar refractivity (Wildman–Crippen MR) is 61.1 cm³/mol. The molecule has 5 heteroatoms. The van der Waals surface area contributed by atoms with Crippen LogP contribution in [-0.4, -0.2) is 11.2 Å². The van der Waals surface area contributed by atoms with E-state index in [-0.39, 0.29) is 11.7 Å². The monoisotopic (exact) mass is 323 g/mol. The van der Waals surface area contributed by atoms with Crippen molar-refractivity contribution in [2.75, 3.05) is 10.6 Å². The first-order valence-corrected chi connectivity index (χ1v) is 5.86. The zero-order valence-electron chi connectivity index (χ0n) is 7.19. The van der Waals surface area contributed by atoms with Crippen LogP contribution in [0.4, 0.5) is 10.1 Å². The maximum atomic E-state index is 12.8. The van der Waals surface area contributed by atoms with E-state index in [2.05, 4.69) is 37.2 Å². The molecule has 0 unspecified atom stereocenters. The second-order valence-electron chi connectivity index (χ2n) is 2.61. The van der Waals surface area contributed by atoms with Gasteiger partial charge in [-0.15, -0.1) is 0 Å². The number of benzene rings is 1. The van der Waals surface area contributed by atoms with Crippen LogP contribution in [0.25, 0.3) is 0 Å². The highest BCUT2D eigenvalue weighted by atomic mass is 79.9. The number of nitrogens with one attached hydrogen (secondary N) is 1. The summed E-state index contributed by atoms with van der Waals surface area (Å²) in [6.45, 7) is 0. The Balaban J connectivity index is 2.75. The van der Waals surface area contributed by atoms with Crippen molar-refractivity contribution in [1.82, 2.24) is 0 Å². The van der Waals surface area contributed by atoms with Crippen LogP contribution in [0.3, 0.4) is 0 Å². The van der Waals surface area contributed by atoms with E-state index in [0.29, 0.717) is 21.9 Å². The average Bonchev–Trinajstić information content (AvgIpc) is 2.12. The highest BCUT2D eigenvalue weighted by Gasteiger charge is 2.05. The number of alkyl halides is 1. The topological polar surface area (TPSA) is 29.1 Å². The predicted octanol–water partition coefficient (Wildman–Crippen LogP) is 3.31. The molecule has 2 nitrogen and oxygen atoms in total. The van der Waals surface area contributed by atoms with E-state index in [1.54, 1.807) is 6.07 Å². The fourth-order valence-electron chi connectivity index (χ4n) is 0.892. The summed E-state index contributed by atoms with van der Waals surface area (Å²) in [5.74, 6) is -0.518. The van der Waals surface area contributed by atoms with E-state index in [9.17, 15) is 9.18 Å². The van der Waals surface area contributed by atoms with Gasteiger partial charge in [-0.25, -0.2) is 4.39 Å². The minimum absolute atomic E-state index is 0.145. The lowest BCUT2D eigenvalue weighted by molar-refractivity contribution is -0.115. The van der Waals surface area contributed by atoms with Crippen LogP contribution in [0.1, 0.15) is 6.42 Å². The molecule has 1 aromatic rings. The zero-order chi connectivity index (χ0) is 10.6. The van der Waals surface area contributed by atoms with Gasteiger partial charge in [-0.05, 0) is 34.1 Å². The molecule has 1 N–H and O–H groups in total. The van der Waals surface area contributed by atoms with Crippen LogP contribution in [0.15, 0.2) is 22.7 Å². The summed E-state index contributed by atoms with van der Waals surface area (Å²) in [4.78, 5) is 11.2. The summed E-state index contributed by atoms with van der Waals surface area (Å²) in [7, 11) is 0. The van der Waals surface area contributed by atoms with Crippen LogP contribution in [-0.2, 0) is 4.79 Å². The van der Waals surface area contributed by atoms with Crippen molar-refractivity contribution < 1.29 is 9.18 Å². The molecule has 0 bridgehead atoms. The van der Waals surface area contributed by atoms with Crippen LogP contribution >= 0.6 is 31.9 Å². The summed E-state index contributed by atoms with van der Waals surface area (Å²) in [5.41, 5.74) is 0.455. The fraction of sp³-hybridized carbons (Fsp3) is 0.222. The molecule has 0 spiro atoms. The number of amides is 1. The van der Waals surface area contributed by atoms with Crippen LogP contribution < -0.4 is 5.32 Å². The van der Waals surface area contributed by atoms with E-state index in [1.807, 2.05) is 0 Å². The Kier molecular flexibility index (Phi) is 4.54. The normalized spacial score (nSPS) is 9.93. The van der Waals surface area contributed by atoms with Gasteiger partial charge >= 0.3 is 0 Å². The molecule has 76 valence electrons. The van der Waals surface area contributed by atoms with E-state index < -0.39 is 0 Å². The number of carbonyl (C=O) groups is 1. The second-order valence-corrected chi connectivity index (χ2v) is 4.26. The maximum Gasteiger partial charge on any atom is 0.225 e. The van der Waals surface area contributed by atoms with Gasteiger partial charge < -0.3 is 5.32 Å². The van der Waals surface area contributed by atoms with Crippen molar-refractivity contribution in [3.8, 4) is 0 Å². The average molecular weight is 325 g/mol. The summed E-state index contributed by atoms with van der Waals surface area (Å²) in [5, 5.41) is 3.19. The Morgan fingerprint density at radius 2 is 2.21 bits per heavy atom. The van der Waals surface area contributed by atoms with Gasteiger partial charge in [-0.1, -0.05) is 15.9 Å². The van der Waals surface area contributed by atoms with Crippen molar-refractivity contribution >= 4 is 43.5 Å². The Morgan fingerprint density at radius 1 is 1.50 bits per heavy atom. The SMILES string of the molecule is O=C(CCBr)Nc1cc(F)ccc1Br. The third-order valence-electron chi connectivity index (χ3n) is 1.52. The lowest BCUT2D eigenvalue weighted by Gasteiger charge is -2.06. The van der Waals surface area contributed by atoms with Crippen LogP contribution in [0.2, 0.25) is 0 Å². The highest BCUT2D eigenvalue weighted by molar-refractivity contribution is 9.10. The molecule has 0 atom stereocenters. The lowest BCUT2D eigenvalue weighted by atomic mass is 10.3. The largest absolute Gasteiger partial charge is 0.325 e. The highest BCUT2D eigenvalue weighted by Crippen LogP contribution is 2.23. The van der Waals surface area contributed by atoms with Gasteiger partial charge in [0.2, 0.25) is 5.91 Å². The molecule has 0 radical (unpaired) electrons. The molecule has 0 aromatic heterocycles. The molecule has 0 aliphatic heterocycles. The molecule has 0 saturated carbocycles. The molecule has 1 rings (SSSR count). The molecule has 14 heavy (non-hydrogen) atoms. The first-order valence-electron chi connectivity index (χ1n) is 3.94. The number of rotatable bonds is 3. The fourth-order valence-corrected chi connectivity index (χ4v) is 1.60. The zero-order valence-corrected chi connectivity index (χ0v) is 10.4. The molecule has 0 heterocycles. The molecule has 0 aliphatic carbocycles. The minimum Gasteiger partial charge on any atom is -0.325 e. The Morgan fingerprint density at radius 3 is 2.86 bits per heavy atom. The van der Waals surface area contributed by atoms with Crippen molar-refractivity contribution in [1.29, 1.82) is 0 Å². The van der Waals surface area contributed by atoms with Gasteiger partial charge in [-0.3, -0.25) is 4.79 Å². The maximum absolute atomic E-state index is 12.8. The van der Waals surface area contributed by atoms with E-state index >= 15 is 0 Å². The standard InChI is InChI=1S/C9H8Br2FNO/c10-4-3-9(14)13-8-5-6(12)1-2-7(8)11/h1-2,5H,3-4H2,(H,13,14). The molecule has 0 fully saturated rings. The Hall–Kier alpha value is -0.420. The quantitative estimate of drug-likeness (QED) is 0.849. The molecule has 0 aliphatic rings. The lowest BCUT2D eigenvalue weighted by Crippen LogP contribution is -2.12. The number of halogens is 3. The summed E-state index contributed by atoms with van der Waals surface area (Å²) >= 11 is 6.37. The number of anilines is 1. The van der Waals surface area contributed by atoms with Gasteiger partial charge in [0.15, 0.2) is 0 Å². The van der Waals surface area contributed by atoms with Crippen molar-refractivity contribution in [2.24, 2.45) is 0 Å². The summed E-state index contributed by atoms with van der Waals surface area (Å²) in [6, 6.07) is 4.15. The molecule has 1 aromatic carbocycles. The molecular formula is C9H8Br2FNO. The first-order chi connectivity index (χ1) is 6.63. The minimum atomic E-state index is -0.373. The first kappa shape index (κ1) is 11.7. The molecular weight excluding hydrogens is 317 g/mol. The van der Waals surface area contributed by atoms with Crippen molar-refractivity contribution in [3.63, 3.8) is 0 Å². The van der Waals surface area contributed by atoms with Gasteiger partial charge in [0.1, 0.15) is 5.82 Å². The number of carbonyl (C=O) groups excluding carboxylic acids is 1. The number of hydrogen-bond acceptors (Lipinski definition) is 1. The number of hydrogen-bond donors (Lipinski definition) is 1. The van der Waals surface area contributed by atoms with Gasteiger partial charge in [0.05, 0.1) is 5.69 Å². The summed E-state index contributed by atoms with van der Waals surface area (Å²) < 4.78 is 13.5. The van der Waals surface area contributed by atoms with Gasteiger partial charge in [0, 0.05) is 16.2 Å². The molecule has 0 saturated heterocycles. The van der Waals surface area contributed by atoms with Crippen molar-refractivity contribution in [3.05, 3.63) is 28.5 Å². The Labute approximate surface area is 98.1 Å². The van der Waals surface area contributed by atoms with Crippen LogP contribution in [0, 0.1) is 5.82 Å². The third-order valence-corrected chi connectivity index (χ3v) is 2.61. The van der Waals surface area contributed by atoms with E-state index in [0.717, 1.165) is 0 Å². The van der Waals surface area contributed by atoms with Gasteiger partial charge in [0.25, 0.3) is 0 Å². The Bertz CT molecular complexity index is 344. The molecule has 1 amide bonds. The second kappa shape index (κ2) is 5.46. The third kappa shape index (κ3) is 3.38. The van der Waals surface area contributed by atoms with E-state index in [4.69, 9.17) is 0 Å². The van der Waals surface area contributed by atoms with Crippen LogP contribution in [0.5, 0.6) is 0 Å². The van der Waals surface area contributed by atoms with Gasteiger partial charge in [-0.2, -0.15) is 0 Å². The summed E-state index contributed by atoms with van der Waals surface area (Å²) in [6.07, 6.45) is 0.364. The smallest absolute Gasteiger partial charge is 0.225 e. The van der Waals surface area contributed by atoms with E-state index in [1.165, 1.54) is 12.1 Å². The van der Waals surface area contributed by atoms with Crippen molar-refractivity contribution in [2.45, 2.75) is 6.42 Å².